The second-order valence-electron chi connectivity index (χ2n) is 5.55. The third-order valence-corrected chi connectivity index (χ3v) is 4.46. The fraction of sp³-hybridized carbons (Fsp3) is 0.667. The molecule has 0 aliphatic carbocycles. The average molecular weight is 342 g/mol. The Hall–Kier alpha value is -0.810. The van der Waals surface area contributed by atoms with Crippen molar-refractivity contribution in [3.8, 4) is 0 Å². The number of likely N-dealkylation sites (tertiary alicyclic amines) is 1. The Balaban J connectivity index is 2.01. The maximum Gasteiger partial charge on any atom is 0.270 e. The molecule has 2 rings (SSSR count). The van der Waals surface area contributed by atoms with Crippen LogP contribution in [0.4, 0.5) is 0 Å². The minimum Gasteiger partial charge on any atom is -0.342 e. The van der Waals surface area contributed by atoms with Crippen molar-refractivity contribution in [1.82, 2.24) is 9.47 Å². The zero-order valence-corrected chi connectivity index (χ0v) is 13.7. The van der Waals surface area contributed by atoms with Gasteiger partial charge < -0.3 is 15.2 Å². The number of amides is 1. The van der Waals surface area contributed by atoms with Gasteiger partial charge in [0.15, 0.2) is 0 Å². The summed E-state index contributed by atoms with van der Waals surface area (Å²) in [6, 6.07) is 1.93. The van der Waals surface area contributed by atoms with E-state index < -0.39 is 0 Å². The van der Waals surface area contributed by atoms with E-state index in [2.05, 4.69) is 27.4 Å². The van der Waals surface area contributed by atoms with Crippen LogP contribution in [0.3, 0.4) is 0 Å². The molecule has 20 heavy (non-hydrogen) atoms. The highest BCUT2D eigenvalue weighted by Gasteiger charge is 2.25. The molecule has 1 aliphatic heterocycles. The number of nitrogens with two attached hydrogens (primary N) is 1. The van der Waals surface area contributed by atoms with Gasteiger partial charge in [-0.2, -0.15) is 0 Å². The van der Waals surface area contributed by atoms with E-state index in [1.54, 1.807) is 0 Å². The van der Waals surface area contributed by atoms with Crippen LogP contribution in [0.5, 0.6) is 0 Å². The summed E-state index contributed by atoms with van der Waals surface area (Å²) in [5.41, 5.74) is 6.41. The molecule has 0 atom stereocenters. The summed E-state index contributed by atoms with van der Waals surface area (Å²) >= 11 is 3.47. The van der Waals surface area contributed by atoms with Crippen molar-refractivity contribution in [3.05, 3.63) is 22.4 Å². The number of carbonyl (C=O) groups is 1. The zero-order chi connectivity index (χ0) is 14.5. The quantitative estimate of drug-likeness (QED) is 0.895. The Morgan fingerprint density at radius 1 is 1.45 bits per heavy atom. The first-order chi connectivity index (χ1) is 9.65. The summed E-state index contributed by atoms with van der Waals surface area (Å²) in [5, 5.41) is 0. The minimum absolute atomic E-state index is 0.162. The van der Waals surface area contributed by atoms with Crippen molar-refractivity contribution in [3.63, 3.8) is 0 Å². The number of carbonyl (C=O) groups excluding carboxylic acids is 1. The van der Waals surface area contributed by atoms with Crippen molar-refractivity contribution in [1.29, 1.82) is 0 Å². The predicted molar refractivity (Wildman–Crippen MR) is 84.7 cm³/mol. The normalized spacial score (nSPS) is 16.6. The lowest BCUT2D eigenvalue weighted by molar-refractivity contribution is 0.0677. The summed E-state index contributed by atoms with van der Waals surface area (Å²) in [5.74, 6) is 0.855. The van der Waals surface area contributed by atoms with Crippen LogP contribution in [0, 0.1) is 5.92 Å². The molecule has 0 radical (unpaired) electrons. The van der Waals surface area contributed by atoms with Crippen molar-refractivity contribution >= 4 is 21.8 Å². The van der Waals surface area contributed by atoms with Crippen LogP contribution in [0.15, 0.2) is 16.7 Å². The standard InChI is InChI=1S/C15H24BrN3O/c1-2-7-19-11-13(16)10-14(19)15(20)18-8-4-12(3-6-17)5-9-18/h10-12H,2-9,17H2,1H3. The summed E-state index contributed by atoms with van der Waals surface area (Å²) in [6.07, 6.45) is 6.27. The lowest BCUT2D eigenvalue weighted by atomic mass is 9.93. The highest BCUT2D eigenvalue weighted by molar-refractivity contribution is 9.10. The van der Waals surface area contributed by atoms with Gasteiger partial charge >= 0.3 is 0 Å². The molecule has 1 saturated heterocycles. The predicted octanol–water partition coefficient (Wildman–Crippen LogP) is 2.86. The fourth-order valence-corrected chi connectivity index (χ4v) is 3.37. The first-order valence-electron chi connectivity index (χ1n) is 7.50. The lowest BCUT2D eigenvalue weighted by Gasteiger charge is -2.32. The third-order valence-electron chi connectivity index (χ3n) is 4.02. The molecule has 1 aromatic heterocycles. The molecule has 2 N–H and O–H groups in total. The molecule has 0 bridgehead atoms. The molecule has 4 nitrogen and oxygen atoms in total. The molecule has 1 amide bonds. The van der Waals surface area contributed by atoms with E-state index in [9.17, 15) is 4.79 Å². The average Bonchev–Trinajstić information content (AvgIpc) is 2.81. The van der Waals surface area contributed by atoms with Crippen LogP contribution in [0.1, 0.15) is 43.1 Å². The monoisotopic (exact) mass is 341 g/mol. The zero-order valence-electron chi connectivity index (χ0n) is 12.1. The number of hydrogen-bond donors (Lipinski definition) is 1. The molecule has 0 spiro atoms. The van der Waals surface area contributed by atoms with Crippen molar-refractivity contribution in [2.45, 2.75) is 39.2 Å². The molecule has 1 aromatic rings. The highest BCUT2D eigenvalue weighted by atomic mass is 79.9. The topological polar surface area (TPSA) is 51.3 Å². The van der Waals surface area contributed by atoms with E-state index in [4.69, 9.17) is 5.73 Å². The van der Waals surface area contributed by atoms with E-state index in [-0.39, 0.29) is 5.91 Å². The number of rotatable bonds is 5. The Labute approximate surface area is 129 Å². The van der Waals surface area contributed by atoms with Crippen molar-refractivity contribution < 1.29 is 4.79 Å². The van der Waals surface area contributed by atoms with Gasteiger partial charge in [-0.1, -0.05) is 6.92 Å². The number of aryl methyl sites for hydroxylation is 1. The molecule has 2 heterocycles. The molecule has 1 fully saturated rings. The van der Waals surface area contributed by atoms with Crippen LogP contribution in [-0.2, 0) is 6.54 Å². The third kappa shape index (κ3) is 3.64. The Morgan fingerprint density at radius 3 is 2.75 bits per heavy atom. The molecule has 1 aliphatic rings. The van der Waals surface area contributed by atoms with Gasteiger partial charge in [-0.05, 0) is 60.1 Å². The molecular formula is C15H24BrN3O. The molecule has 0 saturated carbocycles. The van der Waals surface area contributed by atoms with Gasteiger partial charge in [0.1, 0.15) is 5.69 Å². The van der Waals surface area contributed by atoms with Gasteiger partial charge in [-0.3, -0.25) is 4.79 Å². The lowest BCUT2D eigenvalue weighted by Crippen LogP contribution is -2.39. The summed E-state index contributed by atoms with van der Waals surface area (Å²) in [6.45, 7) is 5.48. The summed E-state index contributed by atoms with van der Waals surface area (Å²) in [7, 11) is 0. The van der Waals surface area contributed by atoms with Gasteiger partial charge in [0.2, 0.25) is 0 Å². The molecule has 0 unspecified atom stereocenters. The van der Waals surface area contributed by atoms with Crippen LogP contribution in [0.25, 0.3) is 0 Å². The maximum absolute atomic E-state index is 12.6. The molecular weight excluding hydrogens is 318 g/mol. The van der Waals surface area contributed by atoms with E-state index in [1.807, 2.05) is 17.2 Å². The molecule has 112 valence electrons. The van der Waals surface area contributed by atoms with Crippen molar-refractivity contribution in [2.24, 2.45) is 11.7 Å². The Morgan fingerprint density at radius 2 is 2.15 bits per heavy atom. The first-order valence-corrected chi connectivity index (χ1v) is 8.30. The number of nitrogens with zero attached hydrogens (tertiary/aromatic N) is 2. The number of piperidine rings is 1. The highest BCUT2D eigenvalue weighted by Crippen LogP contribution is 2.23. The van der Waals surface area contributed by atoms with Gasteiger partial charge in [-0.25, -0.2) is 0 Å². The van der Waals surface area contributed by atoms with E-state index in [0.717, 1.165) is 62.0 Å². The maximum atomic E-state index is 12.6. The largest absolute Gasteiger partial charge is 0.342 e. The Kier molecular flexibility index (Phi) is 5.66. The van der Waals surface area contributed by atoms with E-state index >= 15 is 0 Å². The summed E-state index contributed by atoms with van der Waals surface area (Å²) < 4.78 is 3.03. The van der Waals surface area contributed by atoms with Gasteiger partial charge in [-0.15, -0.1) is 0 Å². The van der Waals surface area contributed by atoms with Gasteiger partial charge in [0.25, 0.3) is 5.91 Å². The first kappa shape index (κ1) is 15.6. The second kappa shape index (κ2) is 7.27. The number of aromatic nitrogens is 1. The van der Waals surface area contributed by atoms with Crippen LogP contribution < -0.4 is 5.73 Å². The van der Waals surface area contributed by atoms with Gasteiger partial charge in [0, 0.05) is 30.3 Å². The van der Waals surface area contributed by atoms with Crippen LogP contribution in [0.2, 0.25) is 0 Å². The number of hydrogen-bond acceptors (Lipinski definition) is 2. The van der Waals surface area contributed by atoms with Crippen LogP contribution in [-0.4, -0.2) is 35.0 Å². The number of halogens is 1. The minimum atomic E-state index is 0.162. The van der Waals surface area contributed by atoms with Crippen molar-refractivity contribution in [2.75, 3.05) is 19.6 Å². The smallest absolute Gasteiger partial charge is 0.270 e. The summed E-state index contributed by atoms with van der Waals surface area (Å²) in [4.78, 5) is 14.6. The SMILES string of the molecule is CCCn1cc(Br)cc1C(=O)N1CCC(CCN)CC1. The fourth-order valence-electron chi connectivity index (χ4n) is 2.90. The molecule has 0 aromatic carbocycles. The second-order valence-corrected chi connectivity index (χ2v) is 6.47. The van der Waals surface area contributed by atoms with Crippen LogP contribution >= 0.6 is 15.9 Å². The molecule has 5 heteroatoms. The van der Waals surface area contributed by atoms with Gasteiger partial charge in [0.05, 0.1) is 0 Å². The van der Waals surface area contributed by atoms with E-state index in [0.29, 0.717) is 5.92 Å². The van der Waals surface area contributed by atoms with E-state index in [1.165, 1.54) is 0 Å². The Bertz CT molecular complexity index is 450.